The summed E-state index contributed by atoms with van der Waals surface area (Å²) >= 11 is 0. The highest BCUT2D eigenvalue weighted by molar-refractivity contribution is 5.99. The van der Waals surface area contributed by atoms with Crippen LogP contribution in [0, 0.1) is 0 Å². The molecule has 1 saturated heterocycles. The highest BCUT2D eigenvalue weighted by Gasteiger charge is 2.17. The van der Waals surface area contributed by atoms with Crippen LogP contribution in [0.15, 0.2) is 30.5 Å². The van der Waals surface area contributed by atoms with Crippen LogP contribution in [0.3, 0.4) is 0 Å². The van der Waals surface area contributed by atoms with E-state index in [1.807, 2.05) is 37.5 Å². The van der Waals surface area contributed by atoms with Crippen LogP contribution in [0.5, 0.6) is 5.75 Å². The number of ether oxygens (including phenoxy) is 2. The number of fused-ring (bicyclic) bond motifs is 1. The van der Waals surface area contributed by atoms with E-state index in [-0.39, 0.29) is 5.78 Å². The van der Waals surface area contributed by atoms with E-state index in [0.29, 0.717) is 12.1 Å². The van der Waals surface area contributed by atoms with Crippen molar-refractivity contribution in [2.45, 2.75) is 12.8 Å². The van der Waals surface area contributed by atoms with Gasteiger partial charge in [-0.05, 0) is 37.2 Å². The van der Waals surface area contributed by atoms with Gasteiger partial charge in [0.1, 0.15) is 11.4 Å². The van der Waals surface area contributed by atoms with Crippen LogP contribution in [0.2, 0.25) is 0 Å². The number of hydrogen-bond donors (Lipinski definition) is 1. The molecule has 0 unspecified atom stereocenters. The van der Waals surface area contributed by atoms with E-state index in [1.165, 1.54) is 0 Å². The van der Waals surface area contributed by atoms with Crippen LogP contribution in [0.4, 0.5) is 0 Å². The molecule has 28 heavy (non-hydrogen) atoms. The third-order valence-electron chi connectivity index (χ3n) is 5.31. The Bertz CT molecular complexity index is 969. The lowest BCUT2D eigenvalue weighted by molar-refractivity contribution is 0.0371. The fraction of sp³-hybridized carbons (Fsp3) is 0.429. The molecule has 0 spiro atoms. The monoisotopic (exact) mass is 382 g/mol. The third-order valence-corrected chi connectivity index (χ3v) is 5.31. The van der Waals surface area contributed by atoms with E-state index < -0.39 is 0 Å². The Hall–Kier alpha value is -2.64. The smallest absolute Gasteiger partial charge is 0.183 e. The van der Waals surface area contributed by atoms with Crippen LogP contribution < -0.4 is 4.74 Å². The Labute approximate surface area is 164 Å². The van der Waals surface area contributed by atoms with Gasteiger partial charge in [0.15, 0.2) is 5.78 Å². The van der Waals surface area contributed by atoms with Crippen molar-refractivity contribution in [3.05, 3.63) is 36.2 Å². The summed E-state index contributed by atoms with van der Waals surface area (Å²) in [4.78, 5) is 18.3. The second-order valence-corrected chi connectivity index (χ2v) is 7.13. The summed E-state index contributed by atoms with van der Waals surface area (Å²) in [5, 5.41) is 5.52. The van der Waals surface area contributed by atoms with Crippen LogP contribution >= 0.6 is 0 Å². The number of benzene rings is 1. The summed E-state index contributed by atoms with van der Waals surface area (Å²) in [7, 11) is 3.53. The molecule has 7 nitrogen and oxygen atoms in total. The lowest BCUT2D eigenvalue weighted by Crippen LogP contribution is -2.36. The van der Waals surface area contributed by atoms with Gasteiger partial charge in [-0.25, -0.2) is 0 Å². The second-order valence-electron chi connectivity index (χ2n) is 7.13. The Morgan fingerprint density at radius 1 is 1.29 bits per heavy atom. The summed E-state index contributed by atoms with van der Waals surface area (Å²) < 4.78 is 12.5. The molecule has 148 valence electrons. The van der Waals surface area contributed by atoms with Crippen molar-refractivity contribution in [1.82, 2.24) is 19.7 Å². The number of hydrogen-bond acceptors (Lipinski definition) is 5. The van der Waals surface area contributed by atoms with Crippen molar-refractivity contribution in [1.29, 1.82) is 0 Å². The maximum Gasteiger partial charge on any atom is 0.183 e. The second kappa shape index (κ2) is 8.16. The zero-order valence-electron chi connectivity index (χ0n) is 16.4. The minimum Gasteiger partial charge on any atom is -0.497 e. The molecule has 3 heterocycles. The predicted molar refractivity (Wildman–Crippen MR) is 108 cm³/mol. The quantitative estimate of drug-likeness (QED) is 0.636. The van der Waals surface area contributed by atoms with E-state index in [0.717, 1.165) is 67.2 Å². The molecule has 1 aromatic carbocycles. The van der Waals surface area contributed by atoms with Crippen molar-refractivity contribution in [3.63, 3.8) is 0 Å². The highest BCUT2D eigenvalue weighted by atomic mass is 16.5. The minimum absolute atomic E-state index is 0.0903. The number of aryl methyl sites for hydroxylation is 1. The number of H-pyrrole nitrogens is 1. The van der Waals surface area contributed by atoms with Gasteiger partial charge in [0.25, 0.3) is 0 Å². The number of nitrogens with zero attached hydrogens (tertiary/aromatic N) is 3. The predicted octanol–water partition coefficient (Wildman–Crippen LogP) is 2.87. The Morgan fingerprint density at radius 2 is 2.11 bits per heavy atom. The molecule has 0 radical (unpaired) electrons. The molecule has 3 aromatic rings. The van der Waals surface area contributed by atoms with Crippen molar-refractivity contribution in [3.8, 4) is 17.0 Å². The van der Waals surface area contributed by atoms with Gasteiger partial charge in [-0.15, -0.1) is 0 Å². The normalized spacial score (nSPS) is 15.2. The van der Waals surface area contributed by atoms with Crippen molar-refractivity contribution in [2.75, 3.05) is 40.0 Å². The highest BCUT2D eigenvalue weighted by Crippen LogP contribution is 2.31. The molecule has 1 N–H and O–H groups in total. The van der Waals surface area contributed by atoms with E-state index in [1.54, 1.807) is 11.8 Å². The first-order valence-electron chi connectivity index (χ1n) is 9.68. The molecule has 0 atom stereocenters. The molecule has 0 aliphatic carbocycles. The Balaban J connectivity index is 1.48. The number of morpholine rings is 1. The lowest BCUT2D eigenvalue weighted by Gasteiger charge is -2.26. The number of Topliss-reactive ketones (excluding diaryl/α,β-unsaturated/α-hetero) is 1. The molecule has 0 amide bonds. The molecule has 0 bridgehead atoms. The molecule has 0 saturated carbocycles. The first-order valence-corrected chi connectivity index (χ1v) is 9.68. The van der Waals surface area contributed by atoms with Gasteiger partial charge in [0.05, 0.1) is 26.0 Å². The first kappa shape index (κ1) is 18.7. The Morgan fingerprint density at radius 3 is 2.89 bits per heavy atom. The van der Waals surface area contributed by atoms with Gasteiger partial charge in [-0.2, -0.15) is 5.10 Å². The molecule has 2 aromatic heterocycles. The summed E-state index contributed by atoms with van der Waals surface area (Å²) in [5.74, 6) is 0.891. The van der Waals surface area contributed by atoms with Gasteiger partial charge in [0.2, 0.25) is 0 Å². The van der Waals surface area contributed by atoms with Gasteiger partial charge >= 0.3 is 0 Å². The fourth-order valence-corrected chi connectivity index (χ4v) is 3.71. The average Bonchev–Trinajstić information content (AvgIpc) is 3.31. The molecule has 1 fully saturated rings. The average molecular weight is 382 g/mol. The third kappa shape index (κ3) is 3.81. The maximum absolute atomic E-state index is 12.6. The van der Waals surface area contributed by atoms with Gasteiger partial charge in [-0.1, -0.05) is 0 Å². The van der Waals surface area contributed by atoms with Crippen molar-refractivity contribution < 1.29 is 14.3 Å². The van der Waals surface area contributed by atoms with Gasteiger partial charge in [-0.3, -0.25) is 14.4 Å². The largest absolute Gasteiger partial charge is 0.497 e. The van der Waals surface area contributed by atoms with Crippen LogP contribution in [-0.4, -0.2) is 65.4 Å². The van der Waals surface area contributed by atoms with Gasteiger partial charge < -0.3 is 14.5 Å². The SMILES string of the molecule is COc1ccc2[nH]cc(-c3cc(C(=O)CCCN4CCOCC4)nn3C)c2c1. The standard InChI is InChI=1S/C21H26N4O3/c1-24-20(17-14-22-18-6-5-15(27-2)12-16(17)18)13-19(23-24)21(26)4-3-7-25-8-10-28-11-9-25/h5-6,12-14,22H,3-4,7-11H2,1-2H3. The van der Waals surface area contributed by atoms with Crippen molar-refractivity contribution in [2.24, 2.45) is 7.05 Å². The van der Waals surface area contributed by atoms with Gasteiger partial charge in [0, 0.05) is 49.2 Å². The maximum atomic E-state index is 12.6. The summed E-state index contributed by atoms with van der Waals surface area (Å²) in [6.45, 7) is 4.40. The van der Waals surface area contributed by atoms with Crippen molar-refractivity contribution >= 4 is 16.7 Å². The zero-order valence-corrected chi connectivity index (χ0v) is 16.4. The number of carbonyl (C=O) groups is 1. The molecule has 4 rings (SSSR count). The number of ketones is 1. The van der Waals surface area contributed by atoms with Crippen LogP contribution in [-0.2, 0) is 11.8 Å². The zero-order chi connectivity index (χ0) is 19.5. The molecular weight excluding hydrogens is 356 g/mol. The summed E-state index contributed by atoms with van der Waals surface area (Å²) in [6.07, 6.45) is 3.30. The summed E-state index contributed by atoms with van der Waals surface area (Å²) in [5.41, 5.74) is 3.47. The number of carbonyl (C=O) groups excluding carboxylic acids is 1. The number of rotatable bonds is 7. The Kier molecular flexibility index (Phi) is 5.45. The molecule has 7 heteroatoms. The fourth-order valence-electron chi connectivity index (χ4n) is 3.71. The molecule has 1 aliphatic rings. The number of aromatic amines is 1. The topological polar surface area (TPSA) is 72.4 Å². The van der Waals surface area contributed by atoms with Crippen LogP contribution in [0.25, 0.3) is 22.2 Å². The summed E-state index contributed by atoms with van der Waals surface area (Å²) in [6, 6.07) is 7.80. The number of aromatic nitrogens is 3. The van der Waals surface area contributed by atoms with E-state index >= 15 is 0 Å². The van der Waals surface area contributed by atoms with E-state index in [4.69, 9.17) is 9.47 Å². The molecular formula is C21H26N4O3. The van der Waals surface area contributed by atoms with Crippen LogP contribution in [0.1, 0.15) is 23.3 Å². The lowest BCUT2D eigenvalue weighted by atomic mass is 10.1. The first-order chi connectivity index (χ1) is 13.7. The minimum atomic E-state index is 0.0903. The number of nitrogens with one attached hydrogen (secondary N) is 1. The van der Waals surface area contributed by atoms with E-state index in [9.17, 15) is 4.79 Å². The van der Waals surface area contributed by atoms with E-state index in [2.05, 4.69) is 15.0 Å². The molecule has 1 aliphatic heterocycles. The number of methoxy groups -OCH3 is 1.